The van der Waals surface area contributed by atoms with Crippen molar-refractivity contribution < 1.29 is 65.3 Å². The molecule has 3 rings (SSSR count). The molecule has 10 N–H and O–H groups in total. The lowest BCUT2D eigenvalue weighted by atomic mass is 9.83. The van der Waals surface area contributed by atoms with Gasteiger partial charge in [0, 0.05) is 18.1 Å². The Morgan fingerprint density at radius 3 is 1.18 bits per heavy atom. The van der Waals surface area contributed by atoms with Crippen LogP contribution in [0.2, 0.25) is 0 Å². The summed E-state index contributed by atoms with van der Waals surface area (Å²) in [7, 11) is 0. The Kier molecular flexibility index (Phi) is 7.33. The zero-order valence-corrected chi connectivity index (χ0v) is 20.1. The second kappa shape index (κ2) is 10.1. The number of carbonyl (C=O) groups is 1. The number of hydrogen-bond acceptors (Lipinski definition) is 13. The highest BCUT2D eigenvalue weighted by molar-refractivity contribution is 5.73. The SMILES string of the molecule is C=C(C)O[C@@H](C1=CCCC=C1[C@@H](OC(C)=O)c1c(O)c(O)c(O)c(O)c1O)c1c(O)c(O)c(O)c(O)c1O. The largest absolute Gasteiger partial charge is 0.504 e. The molecule has 0 amide bonds. The fraction of sp³-hybridized carbons (Fsp3) is 0.240. The number of ether oxygens (including phenoxy) is 2. The molecule has 2 aromatic rings. The Morgan fingerprint density at radius 2 is 0.895 bits per heavy atom. The second-order valence-corrected chi connectivity index (χ2v) is 8.40. The monoisotopic (exact) mass is 534 g/mol. The van der Waals surface area contributed by atoms with E-state index in [2.05, 4.69) is 6.58 Å². The number of phenolic OH excluding ortho intramolecular Hbond substituents is 10. The second-order valence-electron chi connectivity index (χ2n) is 8.40. The minimum atomic E-state index is -1.78. The third-order valence-electron chi connectivity index (χ3n) is 5.74. The Labute approximate surface area is 214 Å². The van der Waals surface area contributed by atoms with E-state index in [1.165, 1.54) is 19.1 Å². The number of aromatic hydroxyl groups is 10. The molecular formula is C25H26O13. The van der Waals surface area contributed by atoms with Gasteiger partial charge in [-0.2, -0.15) is 0 Å². The smallest absolute Gasteiger partial charge is 0.303 e. The van der Waals surface area contributed by atoms with Gasteiger partial charge in [0.05, 0.1) is 16.9 Å². The van der Waals surface area contributed by atoms with Crippen molar-refractivity contribution in [2.45, 2.75) is 38.9 Å². The summed E-state index contributed by atoms with van der Waals surface area (Å²) in [5.41, 5.74) is -1.43. The zero-order chi connectivity index (χ0) is 28.6. The van der Waals surface area contributed by atoms with Gasteiger partial charge in [0.2, 0.25) is 34.5 Å². The van der Waals surface area contributed by atoms with Crippen molar-refractivity contribution in [3.63, 3.8) is 0 Å². The highest BCUT2D eigenvalue weighted by Crippen LogP contribution is 2.58. The van der Waals surface area contributed by atoms with E-state index in [-0.39, 0.29) is 23.3 Å². The van der Waals surface area contributed by atoms with E-state index < -0.39 is 86.8 Å². The van der Waals surface area contributed by atoms with Crippen LogP contribution in [0.15, 0.2) is 35.6 Å². The van der Waals surface area contributed by atoms with Gasteiger partial charge < -0.3 is 60.5 Å². The first-order valence-electron chi connectivity index (χ1n) is 11.0. The first-order valence-corrected chi connectivity index (χ1v) is 11.0. The minimum Gasteiger partial charge on any atom is -0.504 e. The third-order valence-corrected chi connectivity index (χ3v) is 5.74. The van der Waals surface area contributed by atoms with E-state index in [0.717, 1.165) is 6.92 Å². The zero-order valence-electron chi connectivity index (χ0n) is 20.1. The molecule has 0 aliphatic heterocycles. The number of carbonyl (C=O) groups excluding carboxylic acids is 1. The first kappa shape index (κ1) is 27.5. The molecule has 0 heterocycles. The van der Waals surface area contributed by atoms with Crippen LogP contribution >= 0.6 is 0 Å². The van der Waals surface area contributed by atoms with Crippen LogP contribution in [0.4, 0.5) is 0 Å². The van der Waals surface area contributed by atoms with Crippen molar-refractivity contribution in [2.24, 2.45) is 0 Å². The number of benzene rings is 2. The Bertz CT molecular complexity index is 1220. The van der Waals surface area contributed by atoms with Gasteiger partial charge in [0.1, 0.15) is 0 Å². The molecule has 13 nitrogen and oxygen atoms in total. The van der Waals surface area contributed by atoms with Crippen LogP contribution in [-0.2, 0) is 14.3 Å². The maximum atomic E-state index is 12.1. The van der Waals surface area contributed by atoms with Gasteiger partial charge in [-0.1, -0.05) is 18.7 Å². The summed E-state index contributed by atoms with van der Waals surface area (Å²) in [6.07, 6.45) is 0.162. The van der Waals surface area contributed by atoms with Gasteiger partial charge in [0.25, 0.3) is 0 Å². The average molecular weight is 534 g/mol. The highest BCUT2D eigenvalue weighted by Gasteiger charge is 2.39. The summed E-state index contributed by atoms with van der Waals surface area (Å²) in [5.74, 6) is -12.7. The van der Waals surface area contributed by atoms with Gasteiger partial charge in [-0.25, -0.2) is 0 Å². The van der Waals surface area contributed by atoms with Crippen LogP contribution in [-0.4, -0.2) is 57.0 Å². The molecule has 0 unspecified atom stereocenters. The van der Waals surface area contributed by atoms with Crippen molar-refractivity contribution in [1.82, 2.24) is 0 Å². The van der Waals surface area contributed by atoms with E-state index in [1.807, 2.05) is 0 Å². The van der Waals surface area contributed by atoms with E-state index in [0.29, 0.717) is 6.42 Å². The van der Waals surface area contributed by atoms with E-state index in [1.54, 1.807) is 0 Å². The number of hydrogen-bond donors (Lipinski definition) is 10. The molecule has 0 spiro atoms. The quantitative estimate of drug-likeness (QED) is 0.106. The maximum Gasteiger partial charge on any atom is 0.303 e. The molecule has 13 heteroatoms. The first-order chi connectivity index (χ1) is 17.7. The van der Waals surface area contributed by atoms with E-state index >= 15 is 0 Å². The molecule has 0 fully saturated rings. The number of allylic oxidation sites excluding steroid dienone is 3. The number of rotatable bonds is 7. The van der Waals surface area contributed by atoms with Crippen LogP contribution < -0.4 is 0 Å². The summed E-state index contributed by atoms with van der Waals surface area (Å²) in [6, 6.07) is 0. The van der Waals surface area contributed by atoms with Crippen LogP contribution in [0.3, 0.4) is 0 Å². The lowest BCUT2D eigenvalue weighted by molar-refractivity contribution is -0.145. The van der Waals surface area contributed by atoms with Gasteiger partial charge in [-0.05, 0) is 19.8 Å². The Hall–Kier alpha value is -5.07. The topological polar surface area (TPSA) is 238 Å². The molecule has 204 valence electrons. The average Bonchev–Trinajstić information content (AvgIpc) is 2.87. The third kappa shape index (κ3) is 4.56. The summed E-state index contributed by atoms with van der Waals surface area (Å²) < 4.78 is 11.0. The summed E-state index contributed by atoms with van der Waals surface area (Å²) in [6.45, 7) is 5.99. The summed E-state index contributed by atoms with van der Waals surface area (Å²) in [4.78, 5) is 12.1. The standard InChI is InChI=1S/C25H26O13/c1-8(2)37-24(12-14(27)18(31)22(35)19(32)15(12)28)10-6-4-5-7-11(10)25(38-9(3)26)13-16(29)20(33)23(36)21(34)17(13)30/h6-7,24-25,27-36H,1,4-5H2,2-3H3/t24-,25+/m0/s1. The molecule has 2 aromatic carbocycles. The molecule has 1 aliphatic carbocycles. The van der Waals surface area contributed by atoms with Crippen molar-refractivity contribution in [3.8, 4) is 57.5 Å². The maximum absolute atomic E-state index is 12.1. The lowest BCUT2D eigenvalue weighted by Crippen LogP contribution is -2.19. The minimum absolute atomic E-state index is 0.00123. The molecule has 0 aromatic heterocycles. The molecule has 0 saturated heterocycles. The van der Waals surface area contributed by atoms with Gasteiger partial charge in [-0.3, -0.25) is 4.79 Å². The molecule has 38 heavy (non-hydrogen) atoms. The van der Waals surface area contributed by atoms with Crippen molar-refractivity contribution in [2.75, 3.05) is 0 Å². The number of phenols is 10. The predicted octanol–water partition coefficient (Wildman–Crippen LogP) is 3.28. The van der Waals surface area contributed by atoms with Crippen molar-refractivity contribution in [3.05, 3.63) is 46.8 Å². The van der Waals surface area contributed by atoms with Gasteiger partial charge in [-0.15, -0.1) is 0 Å². The van der Waals surface area contributed by atoms with Crippen LogP contribution in [0.1, 0.15) is 50.0 Å². The molecular weight excluding hydrogens is 508 g/mol. The van der Waals surface area contributed by atoms with Crippen molar-refractivity contribution >= 4 is 5.97 Å². The summed E-state index contributed by atoms with van der Waals surface area (Å²) in [5, 5.41) is 102. The Balaban J connectivity index is 2.33. The fourth-order valence-corrected chi connectivity index (χ4v) is 4.06. The number of esters is 1. The summed E-state index contributed by atoms with van der Waals surface area (Å²) >= 11 is 0. The van der Waals surface area contributed by atoms with Crippen molar-refractivity contribution in [1.29, 1.82) is 0 Å². The fourth-order valence-electron chi connectivity index (χ4n) is 4.06. The molecule has 1 aliphatic rings. The van der Waals surface area contributed by atoms with Gasteiger partial charge in [0.15, 0.2) is 35.2 Å². The van der Waals surface area contributed by atoms with Gasteiger partial charge >= 0.3 is 5.97 Å². The normalized spacial score (nSPS) is 14.7. The Morgan fingerprint density at radius 1 is 0.605 bits per heavy atom. The predicted molar refractivity (Wildman–Crippen MR) is 128 cm³/mol. The van der Waals surface area contributed by atoms with Crippen LogP contribution in [0.5, 0.6) is 57.5 Å². The highest BCUT2D eigenvalue weighted by atomic mass is 16.5. The molecule has 0 radical (unpaired) electrons. The van der Waals surface area contributed by atoms with E-state index in [9.17, 15) is 55.9 Å². The van der Waals surface area contributed by atoms with Crippen LogP contribution in [0, 0.1) is 0 Å². The molecule has 0 bridgehead atoms. The van der Waals surface area contributed by atoms with Crippen LogP contribution in [0.25, 0.3) is 0 Å². The van der Waals surface area contributed by atoms with E-state index in [4.69, 9.17) is 9.47 Å². The molecule has 2 atom stereocenters. The lowest BCUT2D eigenvalue weighted by Gasteiger charge is -2.32. The molecule has 0 saturated carbocycles.